The summed E-state index contributed by atoms with van der Waals surface area (Å²) < 4.78 is 1.30. The molecule has 2 aromatic rings. The minimum absolute atomic E-state index is 0.544. The van der Waals surface area contributed by atoms with E-state index in [1.54, 1.807) is 0 Å². The Balaban J connectivity index is 2.07. The third-order valence-corrected chi connectivity index (χ3v) is 5.35. The van der Waals surface area contributed by atoms with Crippen LogP contribution < -0.4 is 0 Å². The van der Waals surface area contributed by atoms with E-state index in [1.165, 1.54) is 22.5 Å². The normalized spacial score (nSPS) is 15.0. The summed E-state index contributed by atoms with van der Waals surface area (Å²) in [6.07, 6.45) is 3.57. The van der Waals surface area contributed by atoms with Crippen molar-refractivity contribution in [3.63, 3.8) is 0 Å². The van der Waals surface area contributed by atoms with E-state index >= 15 is 0 Å². The molecule has 2 rings (SSSR count). The molecule has 1 nitrogen and oxygen atoms in total. The summed E-state index contributed by atoms with van der Waals surface area (Å²) in [4.78, 5) is 5.23. The maximum absolute atomic E-state index is 4.68. The Labute approximate surface area is 115 Å². The van der Waals surface area contributed by atoms with Crippen LogP contribution in [0.3, 0.4) is 0 Å². The van der Waals surface area contributed by atoms with Crippen LogP contribution in [0.1, 0.15) is 31.7 Å². The molecular formula is C14H18BrNS. The van der Waals surface area contributed by atoms with Crippen LogP contribution in [0.4, 0.5) is 0 Å². The molecule has 2 unspecified atom stereocenters. The largest absolute Gasteiger partial charge is 0.241 e. The molecular weight excluding hydrogens is 294 g/mol. The van der Waals surface area contributed by atoms with Crippen molar-refractivity contribution in [1.82, 2.24) is 4.98 Å². The number of halogens is 1. The molecule has 0 spiro atoms. The third kappa shape index (κ3) is 3.29. The van der Waals surface area contributed by atoms with Crippen LogP contribution in [0.25, 0.3) is 10.2 Å². The Morgan fingerprint density at radius 3 is 2.82 bits per heavy atom. The van der Waals surface area contributed by atoms with Crippen molar-refractivity contribution in [2.45, 2.75) is 37.9 Å². The number of nitrogens with zero attached hydrogens (tertiary/aromatic N) is 1. The molecule has 0 aliphatic rings. The molecule has 2 atom stereocenters. The second-order valence-corrected chi connectivity index (χ2v) is 6.85. The van der Waals surface area contributed by atoms with Gasteiger partial charge in [-0.1, -0.05) is 48.3 Å². The predicted molar refractivity (Wildman–Crippen MR) is 80.1 cm³/mol. The van der Waals surface area contributed by atoms with Crippen LogP contribution in [-0.2, 0) is 6.42 Å². The average Bonchev–Trinajstić information content (AvgIpc) is 2.71. The maximum Gasteiger partial charge on any atom is 0.0949 e. The zero-order chi connectivity index (χ0) is 12.3. The van der Waals surface area contributed by atoms with Gasteiger partial charge in [0, 0.05) is 11.2 Å². The molecule has 0 bridgehead atoms. The zero-order valence-corrected chi connectivity index (χ0v) is 12.7. The Morgan fingerprint density at radius 1 is 1.35 bits per heavy atom. The molecule has 1 heterocycles. The molecule has 1 aromatic carbocycles. The molecule has 0 amide bonds. The van der Waals surface area contributed by atoms with E-state index in [9.17, 15) is 0 Å². The molecule has 0 aliphatic heterocycles. The molecule has 0 fully saturated rings. The van der Waals surface area contributed by atoms with Gasteiger partial charge in [0.15, 0.2) is 0 Å². The van der Waals surface area contributed by atoms with Crippen molar-refractivity contribution >= 4 is 37.5 Å². The lowest BCUT2D eigenvalue weighted by Gasteiger charge is -2.15. The molecule has 0 radical (unpaired) electrons. The number of aromatic nitrogens is 1. The van der Waals surface area contributed by atoms with Gasteiger partial charge in [0.2, 0.25) is 0 Å². The summed E-state index contributed by atoms with van der Waals surface area (Å²) in [5, 5.41) is 1.25. The predicted octanol–water partition coefficient (Wildman–Crippen LogP) is 5.04. The topological polar surface area (TPSA) is 12.9 Å². The number of alkyl halides is 1. The fraction of sp³-hybridized carbons (Fsp3) is 0.500. The first kappa shape index (κ1) is 13.0. The standard InChI is InChI=1S/C14H18BrNS/c1-3-6-10(2)11(15)9-14-16-12-7-4-5-8-13(12)17-14/h4-5,7-8,10-11H,3,6,9H2,1-2H3. The number of rotatable bonds is 5. The van der Waals surface area contributed by atoms with Crippen LogP contribution in [0, 0.1) is 5.92 Å². The maximum atomic E-state index is 4.68. The number of hydrogen-bond acceptors (Lipinski definition) is 2. The van der Waals surface area contributed by atoms with Crippen LogP contribution >= 0.6 is 27.3 Å². The summed E-state index contributed by atoms with van der Waals surface area (Å²) in [6.45, 7) is 4.56. The highest BCUT2D eigenvalue weighted by molar-refractivity contribution is 9.09. The lowest BCUT2D eigenvalue weighted by atomic mass is 10.0. The number of thiazole rings is 1. The highest BCUT2D eigenvalue weighted by Crippen LogP contribution is 2.27. The van der Waals surface area contributed by atoms with Crippen LogP contribution in [-0.4, -0.2) is 9.81 Å². The lowest BCUT2D eigenvalue weighted by Crippen LogP contribution is -2.13. The Morgan fingerprint density at radius 2 is 2.12 bits per heavy atom. The highest BCUT2D eigenvalue weighted by Gasteiger charge is 2.15. The van der Waals surface area contributed by atoms with Gasteiger partial charge in [-0.05, 0) is 24.5 Å². The highest BCUT2D eigenvalue weighted by atomic mass is 79.9. The second-order valence-electron chi connectivity index (χ2n) is 4.56. The monoisotopic (exact) mass is 311 g/mol. The van der Waals surface area contributed by atoms with Crippen molar-refractivity contribution < 1.29 is 0 Å². The number of hydrogen-bond donors (Lipinski definition) is 0. The van der Waals surface area contributed by atoms with Gasteiger partial charge >= 0.3 is 0 Å². The first-order valence-electron chi connectivity index (χ1n) is 6.19. The Kier molecular flexibility index (Phi) is 4.57. The zero-order valence-electron chi connectivity index (χ0n) is 10.3. The summed E-state index contributed by atoms with van der Waals surface area (Å²) in [5.74, 6) is 0.715. The van der Waals surface area contributed by atoms with E-state index in [0.29, 0.717) is 10.7 Å². The summed E-state index contributed by atoms with van der Waals surface area (Å²) >= 11 is 5.62. The van der Waals surface area contributed by atoms with Crippen molar-refractivity contribution in [2.24, 2.45) is 5.92 Å². The van der Waals surface area contributed by atoms with Gasteiger partial charge in [-0.15, -0.1) is 11.3 Å². The van der Waals surface area contributed by atoms with Crippen molar-refractivity contribution in [3.8, 4) is 0 Å². The minimum Gasteiger partial charge on any atom is -0.241 e. The number of fused-ring (bicyclic) bond motifs is 1. The van der Waals surface area contributed by atoms with E-state index in [2.05, 4.69) is 59.0 Å². The van der Waals surface area contributed by atoms with Gasteiger partial charge in [-0.2, -0.15) is 0 Å². The summed E-state index contributed by atoms with van der Waals surface area (Å²) in [7, 11) is 0. The number of para-hydroxylation sites is 1. The smallest absolute Gasteiger partial charge is 0.0949 e. The van der Waals surface area contributed by atoms with Gasteiger partial charge in [-0.3, -0.25) is 0 Å². The van der Waals surface area contributed by atoms with Crippen LogP contribution in [0.15, 0.2) is 24.3 Å². The molecule has 92 valence electrons. The van der Waals surface area contributed by atoms with Gasteiger partial charge < -0.3 is 0 Å². The van der Waals surface area contributed by atoms with Crippen molar-refractivity contribution in [1.29, 1.82) is 0 Å². The van der Waals surface area contributed by atoms with Gasteiger partial charge in [0.25, 0.3) is 0 Å². The quantitative estimate of drug-likeness (QED) is 0.705. The average molecular weight is 312 g/mol. The molecule has 3 heteroatoms. The van der Waals surface area contributed by atoms with E-state index in [4.69, 9.17) is 0 Å². The first-order chi connectivity index (χ1) is 8.20. The first-order valence-corrected chi connectivity index (χ1v) is 7.92. The molecule has 1 aromatic heterocycles. The third-order valence-electron chi connectivity index (χ3n) is 3.07. The van der Waals surface area contributed by atoms with Crippen molar-refractivity contribution in [2.75, 3.05) is 0 Å². The fourth-order valence-corrected chi connectivity index (χ4v) is 3.82. The van der Waals surface area contributed by atoms with Crippen LogP contribution in [0.2, 0.25) is 0 Å². The van der Waals surface area contributed by atoms with E-state index in [-0.39, 0.29) is 0 Å². The molecule has 0 saturated carbocycles. The SMILES string of the molecule is CCCC(C)C(Br)Cc1nc2ccccc2s1. The summed E-state index contributed by atoms with van der Waals surface area (Å²) in [5.41, 5.74) is 1.13. The molecule has 17 heavy (non-hydrogen) atoms. The molecule has 0 aliphatic carbocycles. The van der Waals surface area contributed by atoms with E-state index in [0.717, 1.165) is 11.9 Å². The number of benzene rings is 1. The molecule has 0 N–H and O–H groups in total. The Bertz CT molecular complexity index is 447. The Hall–Kier alpha value is -0.410. The van der Waals surface area contributed by atoms with Crippen LogP contribution in [0.5, 0.6) is 0 Å². The van der Waals surface area contributed by atoms with Gasteiger partial charge in [0.05, 0.1) is 15.2 Å². The van der Waals surface area contributed by atoms with Gasteiger partial charge in [0.1, 0.15) is 0 Å². The van der Waals surface area contributed by atoms with E-state index < -0.39 is 0 Å². The molecule has 0 saturated heterocycles. The fourth-order valence-electron chi connectivity index (χ4n) is 2.01. The summed E-state index contributed by atoms with van der Waals surface area (Å²) in [6, 6.07) is 8.37. The van der Waals surface area contributed by atoms with Crippen molar-refractivity contribution in [3.05, 3.63) is 29.3 Å². The van der Waals surface area contributed by atoms with E-state index in [1.807, 2.05) is 11.3 Å². The van der Waals surface area contributed by atoms with Gasteiger partial charge in [-0.25, -0.2) is 4.98 Å². The minimum atomic E-state index is 0.544. The second kappa shape index (κ2) is 5.96. The lowest BCUT2D eigenvalue weighted by molar-refractivity contribution is 0.505.